The maximum atomic E-state index is 12.6. The number of nitrogens with one attached hydrogen (secondary N) is 1. The quantitative estimate of drug-likeness (QED) is 0.543. The number of ether oxygens (including phenoxy) is 2. The summed E-state index contributed by atoms with van der Waals surface area (Å²) >= 11 is 0. The molecule has 1 fully saturated rings. The third-order valence-corrected chi connectivity index (χ3v) is 5.14. The van der Waals surface area contributed by atoms with Crippen molar-refractivity contribution in [3.05, 3.63) is 49.1 Å². The van der Waals surface area contributed by atoms with Crippen LogP contribution in [0.25, 0.3) is 5.82 Å². The average molecular weight is 423 g/mol. The van der Waals surface area contributed by atoms with Gasteiger partial charge in [0.25, 0.3) is 0 Å². The summed E-state index contributed by atoms with van der Waals surface area (Å²) in [7, 11) is 1.62. The zero-order chi connectivity index (χ0) is 21.5. The molecular weight excluding hydrogens is 398 g/mol. The molecule has 10 nitrogen and oxygen atoms in total. The van der Waals surface area contributed by atoms with E-state index < -0.39 is 0 Å². The van der Waals surface area contributed by atoms with Gasteiger partial charge in [0.15, 0.2) is 11.6 Å². The summed E-state index contributed by atoms with van der Waals surface area (Å²) in [6.07, 6.45) is 4.80. The number of rotatable bonds is 8. The lowest BCUT2D eigenvalue weighted by molar-refractivity contribution is -0.125. The maximum Gasteiger partial charge on any atom is 0.225 e. The summed E-state index contributed by atoms with van der Waals surface area (Å²) in [6.45, 7) is 2.32. The lowest BCUT2D eigenvalue weighted by Gasteiger charge is -2.32. The van der Waals surface area contributed by atoms with Crippen LogP contribution in [0.5, 0.6) is 11.5 Å². The largest absolute Gasteiger partial charge is 0.497 e. The molecular formula is C21H25N7O3. The van der Waals surface area contributed by atoms with Gasteiger partial charge in [-0.25, -0.2) is 9.67 Å². The summed E-state index contributed by atoms with van der Waals surface area (Å²) in [6, 6.07) is 11.1. The van der Waals surface area contributed by atoms with E-state index in [0.717, 1.165) is 36.7 Å². The molecule has 3 heterocycles. The number of amides is 1. The Labute approximate surface area is 180 Å². The Morgan fingerprint density at radius 3 is 2.61 bits per heavy atom. The van der Waals surface area contributed by atoms with Crippen LogP contribution in [-0.4, -0.2) is 64.2 Å². The van der Waals surface area contributed by atoms with Gasteiger partial charge in [-0.15, -0.1) is 10.2 Å². The van der Waals surface area contributed by atoms with Gasteiger partial charge in [-0.3, -0.25) is 4.79 Å². The molecule has 1 aromatic carbocycles. The highest BCUT2D eigenvalue weighted by atomic mass is 16.5. The van der Waals surface area contributed by atoms with Crippen molar-refractivity contribution in [3.63, 3.8) is 0 Å². The number of piperidine rings is 1. The Hall–Kier alpha value is -3.69. The van der Waals surface area contributed by atoms with Crippen LogP contribution in [0.15, 0.2) is 49.1 Å². The van der Waals surface area contributed by atoms with Crippen molar-refractivity contribution >= 4 is 11.7 Å². The number of aromatic nitrogens is 5. The minimum Gasteiger partial charge on any atom is -0.497 e. The molecule has 31 heavy (non-hydrogen) atoms. The van der Waals surface area contributed by atoms with Gasteiger partial charge < -0.3 is 19.7 Å². The zero-order valence-corrected chi connectivity index (χ0v) is 17.3. The Bertz CT molecular complexity index is 962. The molecule has 3 aromatic rings. The Morgan fingerprint density at radius 1 is 1.13 bits per heavy atom. The highest BCUT2D eigenvalue weighted by Crippen LogP contribution is 2.22. The van der Waals surface area contributed by atoms with Gasteiger partial charge in [-0.05, 0) is 49.2 Å². The number of benzene rings is 1. The van der Waals surface area contributed by atoms with Crippen LogP contribution in [-0.2, 0) is 4.79 Å². The first-order valence-electron chi connectivity index (χ1n) is 10.2. The summed E-state index contributed by atoms with van der Waals surface area (Å²) in [4.78, 5) is 18.6. The Balaban J connectivity index is 1.24. The summed E-state index contributed by atoms with van der Waals surface area (Å²) in [5, 5.41) is 15.5. The number of carbonyl (C=O) groups excluding carboxylic acids is 1. The van der Waals surface area contributed by atoms with Crippen LogP contribution in [0, 0.1) is 5.92 Å². The van der Waals surface area contributed by atoms with E-state index >= 15 is 0 Å². The maximum absolute atomic E-state index is 12.6. The second-order valence-electron chi connectivity index (χ2n) is 7.19. The minimum atomic E-state index is -0.0912. The number of carbonyl (C=O) groups is 1. The van der Waals surface area contributed by atoms with Crippen LogP contribution in [0.3, 0.4) is 0 Å². The van der Waals surface area contributed by atoms with Crippen molar-refractivity contribution in [2.75, 3.05) is 38.3 Å². The molecule has 0 aliphatic carbocycles. The van der Waals surface area contributed by atoms with Gasteiger partial charge in [0.2, 0.25) is 5.91 Å². The molecule has 162 valence electrons. The van der Waals surface area contributed by atoms with Gasteiger partial charge in [0, 0.05) is 13.1 Å². The SMILES string of the molecule is COc1ccc(OCCNC(=O)C2CCCN(c3ccc(-n4cncn4)nn3)C2)cc1. The van der Waals surface area contributed by atoms with Crippen molar-refractivity contribution in [1.29, 1.82) is 0 Å². The van der Waals surface area contributed by atoms with E-state index in [0.29, 0.717) is 25.5 Å². The number of nitrogens with zero attached hydrogens (tertiary/aromatic N) is 6. The molecule has 1 saturated heterocycles. The molecule has 1 atom stereocenters. The van der Waals surface area contributed by atoms with E-state index in [1.807, 2.05) is 36.4 Å². The predicted molar refractivity (Wildman–Crippen MR) is 113 cm³/mol. The van der Waals surface area contributed by atoms with Crippen molar-refractivity contribution in [3.8, 4) is 17.3 Å². The van der Waals surface area contributed by atoms with E-state index in [4.69, 9.17) is 9.47 Å². The van der Waals surface area contributed by atoms with Gasteiger partial charge in [0.1, 0.15) is 30.8 Å². The molecule has 0 bridgehead atoms. The van der Waals surface area contributed by atoms with Crippen LogP contribution in [0.2, 0.25) is 0 Å². The van der Waals surface area contributed by atoms with E-state index in [-0.39, 0.29) is 11.8 Å². The molecule has 1 N–H and O–H groups in total. The molecule has 1 aliphatic rings. The first kappa shape index (κ1) is 20.6. The fourth-order valence-corrected chi connectivity index (χ4v) is 3.49. The highest BCUT2D eigenvalue weighted by molar-refractivity contribution is 5.79. The van der Waals surface area contributed by atoms with Crippen molar-refractivity contribution in [1.82, 2.24) is 30.3 Å². The molecule has 2 aromatic heterocycles. The van der Waals surface area contributed by atoms with Crippen molar-refractivity contribution in [2.45, 2.75) is 12.8 Å². The Kier molecular flexibility index (Phi) is 6.56. The van der Waals surface area contributed by atoms with Crippen molar-refractivity contribution in [2.24, 2.45) is 5.92 Å². The lowest BCUT2D eigenvalue weighted by atomic mass is 9.97. The molecule has 0 saturated carbocycles. The minimum absolute atomic E-state index is 0.0372. The molecule has 1 amide bonds. The highest BCUT2D eigenvalue weighted by Gasteiger charge is 2.26. The topological polar surface area (TPSA) is 107 Å². The predicted octanol–water partition coefficient (Wildman–Crippen LogP) is 1.48. The zero-order valence-electron chi connectivity index (χ0n) is 17.3. The molecule has 0 radical (unpaired) electrons. The van der Waals surface area contributed by atoms with Gasteiger partial charge in [-0.2, -0.15) is 5.10 Å². The number of hydrogen-bond acceptors (Lipinski definition) is 8. The van der Waals surface area contributed by atoms with Crippen molar-refractivity contribution < 1.29 is 14.3 Å². The third kappa shape index (κ3) is 5.27. The monoisotopic (exact) mass is 423 g/mol. The third-order valence-electron chi connectivity index (χ3n) is 5.14. The molecule has 4 rings (SSSR count). The van der Waals surface area contributed by atoms with E-state index in [1.165, 1.54) is 6.33 Å². The molecule has 1 unspecified atom stereocenters. The molecule has 10 heteroatoms. The summed E-state index contributed by atoms with van der Waals surface area (Å²) < 4.78 is 12.3. The van der Waals surface area contributed by atoms with Crippen LogP contribution < -0.4 is 19.7 Å². The van der Waals surface area contributed by atoms with Gasteiger partial charge in [0.05, 0.1) is 19.6 Å². The molecule has 0 spiro atoms. The van der Waals surface area contributed by atoms with Crippen LogP contribution in [0.4, 0.5) is 5.82 Å². The molecule has 1 aliphatic heterocycles. The second kappa shape index (κ2) is 9.88. The number of anilines is 1. The van der Waals surface area contributed by atoms with E-state index in [9.17, 15) is 4.79 Å². The number of methoxy groups -OCH3 is 1. The fraction of sp³-hybridized carbons (Fsp3) is 0.381. The van der Waals surface area contributed by atoms with Crippen LogP contribution >= 0.6 is 0 Å². The normalized spacial score (nSPS) is 16.0. The first-order chi connectivity index (χ1) is 15.2. The van der Waals surface area contributed by atoms with Gasteiger partial charge in [-0.1, -0.05) is 0 Å². The smallest absolute Gasteiger partial charge is 0.225 e. The van der Waals surface area contributed by atoms with E-state index in [2.05, 4.69) is 30.5 Å². The van der Waals surface area contributed by atoms with Crippen LogP contribution in [0.1, 0.15) is 12.8 Å². The summed E-state index contributed by atoms with van der Waals surface area (Å²) in [5.74, 6) is 2.82. The summed E-state index contributed by atoms with van der Waals surface area (Å²) in [5.41, 5.74) is 0. The Morgan fingerprint density at radius 2 is 1.90 bits per heavy atom. The second-order valence-corrected chi connectivity index (χ2v) is 7.19. The number of hydrogen-bond donors (Lipinski definition) is 1. The van der Waals surface area contributed by atoms with Gasteiger partial charge >= 0.3 is 0 Å². The first-order valence-corrected chi connectivity index (χ1v) is 10.2. The van der Waals surface area contributed by atoms with E-state index in [1.54, 1.807) is 18.1 Å². The average Bonchev–Trinajstić information content (AvgIpc) is 3.37. The lowest BCUT2D eigenvalue weighted by Crippen LogP contribution is -2.44. The fourth-order valence-electron chi connectivity index (χ4n) is 3.49. The standard InChI is InChI=1S/C21H25N7O3/c1-30-17-4-6-18(7-5-17)31-12-10-23-21(29)16-3-2-11-27(13-16)19-8-9-20(26-25-19)28-15-22-14-24-28/h4-9,14-16H,2-3,10-13H2,1H3,(H,23,29).